The van der Waals surface area contributed by atoms with Crippen LogP contribution in [0.25, 0.3) is 0 Å². The lowest BCUT2D eigenvalue weighted by molar-refractivity contribution is -0.387. The van der Waals surface area contributed by atoms with Crippen LogP contribution in [0.1, 0.15) is 6.42 Å². The summed E-state index contributed by atoms with van der Waals surface area (Å²) in [5, 5.41) is 13.9. The Balaban J connectivity index is 1.80. The molecule has 1 aromatic carbocycles. The summed E-state index contributed by atoms with van der Waals surface area (Å²) in [5.41, 5.74) is -0.195. The predicted molar refractivity (Wildman–Crippen MR) is 78.9 cm³/mol. The summed E-state index contributed by atoms with van der Waals surface area (Å²) in [6, 6.07) is 5.34. The quantitative estimate of drug-likeness (QED) is 0.366. The Labute approximate surface area is 125 Å². The number of nitrogens with one attached hydrogen (secondary N) is 1. The van der Waals surface area contributed by atoms with Crippen LogP contribution < -0.4 is 5.32 Å². The van der Waals surface area contributed by atoms with E-state index in [-0.39, 0.29) is 5.69 Å². The van der Waals surface area contributed by atoms with Crippen LogP contribution in [0.15, 0.2) is 41.6 Å². The van der Waals surface area contributed by atoms with E-state index in [0.717, 1.165) is 12.5 Å². The summed E-state index contributed by atoms with van der Waals surface area (Å²) in [6.07, 6.45) is 4.06. The second-order valence-corrected chi connectivity index (χ2v) is 5.21. The highest BCUT2D eigenvalue weighted by Gasteiger charge is 2.14. The second-order valence-electron chi connectivity index (χ2n) is 4.07. The number of anilines is 1. The molecular weight excluding hydrogens is 295 g/mol. The number of rotatable bonds is 7. The van der Waals surface area contributed by atoms with Gasteiger partial charge in [-0.2, -0.15) is 0 Å². The minimum atomic E-state index is -0.603. The zero-order valence-corrected chi connectivity index (χ0v) is 11.8. The van der Waals surface area contributed by atoms with Gasteiger partial charge in [0.15, 0.2) is 0 Å². The first-order chi connectivity index (χ1) is 10.2. The summed E-state index contributed by atoms with van der Waals surface area (Å²) in [6.45, 7) is 0.659. The number of hydrogen-bond donors (Lipinski definition) is 1. The molecule has 0 saturated carbocycles. The van der Waals surface area contributed by atoms with E-state index >= 15 is 0 Å². The Morgan fingerprint density at radius 1 is 1.33 bits per heavy atom. The summed E-state index contributed by atoms with van der Waals surface area (Å²) in [5.74, 6) is 0.621. The van der Waals surface area contributed by atoms with Crippen molar-refractivity contribution in [3.63, 3.8) is 0 Å². The Kier molecular flexibility index (Phi) is 5.44. The molecule has 0 bridgehead atoms. The maximum Gasteiger partial charge on any atom is 0.285 e. The molecule has 6 nitrogen and oxygen atoms in total. The maximum absolute atomic E-state index is 13.0. The lowest BCUT2D eigenvalue weighted by atomic mass is 10.3. The highest BCUT2D eigenvalue weighted by Crippen LogP contribution is 2.29. The lowest BCUT2D eigenvalue weighted by Crippen LogP contribution is -2.05. The van der Waals surface area contributed by atoms with E-state index in [0.29, 0.717) is 23.1 Å². The summed E-state index contributed by atoms with van der Waals surface area (Å²) in [4.78, 5) is 18.8. The van der Waals surface area contributed by atoms with Crippen molar-refractivity contribution in [2.45, 2.75) is 11.3 Å². The number of nitrogens with zero attached hydrogens (tertiary/aromatic N) is 3. The Hall–Kier alpha value is -2.22. The molecule has 21 heavy (non-hydrogen) atoms. The van der Waals surface area contributed by atoms with Crippen LogP contribution in [0.2, 0.25) is 0 Å². The average Bonchev–Trinajstić information content (AvgIpc) is 2.49. The molecule has 0 aliphatic rings. The molecule has 1 heterocycles. The van der Waals surface area contributed by atoms with E-state index < -0.39 is 10.7 Å². The topological polar surface area (TPSA) is 81.0 Å². The molecule has 0 radical (unpaired) electrons. The van der Waals surface area contributed by atoms with E-state index in [4.69, 9.17) is 0 Å². The fourth-order valence-corrected chi connectivity index (χ4v) is 2.55. The van der Waals surface area contributed by atoms with Crippen LogP contribution in [-0.4, -0.2) is 27.2 Å². The van der Waals surface area contributed by atoms with Gasteiger partial charge in [-0.15, -0.1) is 11.8 Å². The molecule has 0 unspecified atom stereocenters. The van der Waals surface area contributed by atoms with Crippen LogP contribution in [0.5, 0.6) is 0 Å². The Morgan fingerprint density at radius 2 is 2.10 bits per heavy atom. The molecule has 1 N–H and O–H groups in total. The molecule has 0 saturated heterocycles. The van der Waals surface area contributed by atoms with E-state index in [1.807, 2.05) is 0 Å². The Morgan fingerprint density at radius 3 is 2.81 bits per heavy atom. The second kappa shape index (κ2) is 7.53. The van der Waals surface area contributed by atoms with Gasteiger partial charge in [0.2, 0.25) is 5.95 Å². The van der Waals surface area contributed by atoms with E-state index in [1.54, 1.807) is 18.5 Å². The van der Waals surface area contributed by atoms with Crippen molar-refractivity contribution in [2.24, 2.45) is 0 Å². The number of nitro groups is 1. The van der Waals surface area contributed by atoms with Crippen LogP contribution in [0.3, 0.4) is 0 Å². The molecule has 0 fully saturated rings. The van der Waals surface area contributed by atoms with Crippen molar-refractivity contribution >= 4 is 23.4 Å². The SMILES string of the molecule is O=[N+]([O-])c1cc(F)ccc1SCCCNc1ncccn1. The fourth-order valence-electron chi connectivity index (χ4n) is 1.60. The van der Waals surface area contributed by atoms with Crippen molar-refractivity contribution in [1.29, 1.82) is 0 Å². The highest BCUT2D eigenvalue weighted by atomic mass is 32.2. The van der Waals surface area contributed by atoms with E-state index in [2.05, 4.69) is 15.3 Å². The van der Waals surface area contributed by atoms with Crippen molar-refractivity contribution < 1.29 is 9.31 Å². The monoisotopic (exact) mass is 308 g/mol. The Bertz CT molecular complexity index is 612. The molecule has 2 rings (SSSR count). The normalized spacial score (nSPS) is 10.3. The smallest absolute Gasteiger partial charge is 0.285 e. The van der Waals surface area contributed by atoms with Gasteiger partial charge in [-0.05, 0) is 30.4 Å². The fraction of sp³-hybridized carbons (Fsp3) is 0.231. The number of aromatic nitrogens is 2. The van der Waals surface area contributed by atoms with Crippen LogP contribution in [0, 0.1) is 15.9 Å². The number of benzene rings is 1. The maximum atomic E-state index is 13.0. The van der Waals surface area contributed by atoms with E-state index in [9.17, 15) is 14.5 Å². The van der Waals surface area contributed by atoms with Crippen molar-refractivity contribution in [2.75, 3.05) is 17.6 Å². The molecular formula is C13H13FN4O2S. The molecule has 0 atom stereocenters. The minimum Gasteiger partial charge on any atom is -0.354 e. The molecule has 0 spiro atoms. The van der Waals surface area contributed by atoms with Gasteiger partial charge < -0.3 is 5.32 Å². The highest BCUT2D eigenvalue weighted by molar-refractivity contribution is 7.99. The average molecular weight is 308 g/mol. The lowest BCUT2D eigenvalue weighted by Gasteiger charge is -2.05. The zero-order valence-electron chi connectivity index (χ0n) is 11.0. The third kappa shape index (κ3) is 4.67. The minimum absolute atomic E-state index is 0.195. The largest absolute Gasteiger partial charge is 0.354 e. The molecule has 8 heteroatoms. The first-order valence-electron chi connectivity index (χ1n) is 6.24. The molecule has 1 aromatic heterocycles. The van der Waals surface area contributed by atoms with Crippen molar-refractivity contribution in [1.82, 2.24) is 9.97 Å². The van der Waals surface area contributed by atoms with Crippen LogP contribution in [-0.2, 0) is 0 Å². The van der Waals surface area contributed by atoms with E-state index in [1.165, 1.54) is 23.9 Å². The van der Waals surface area contributed by atoms with Gasteiger partial charge in [-0.3, -0.25) is 10.1 Å². The van der Waals surface area contributed by atoms with Gasteiger partial charge in [-0.1, -0.05) is 0 Å². The summed E-state index contributed by atoms with van der Waals surface area (Å²) >= 11 is 1.33. The third-order valence-electron chi connectivity index (χ3n) is 2.55. The molecule has 0 amide bonds. The summed E-state index contributed by atoms with van der Waals surface area (Å²) < 4.78 is 13.0. The number of hydrogen-bond acceptors (Lipinski definition) is 6. The molecule has 0 aliphatic heterocycles. The molecule has 0 aliphatic carbocycles. The standard InChI is InChI=1S/C13H13FN4O2S/c14-10-3-4-12(11(9-10)18(19)20)21-8-2-7-17-13-15-5-1-6-16-13/h1,3-6,9H,2,7-8H2,(H,15,16,17). The van der Waals surface area contributed by atoms with Gasteiger partial charge in [0.05, 0.1) is 15.9 Å². The van der Waals surface area contributed by atoms with Crippen molar-refractivity contribution in [3.05, 3.63) is 52.6 Å². The van der Waals surface area contributed by atoms with Gasteiger partial charge in [0.25, 0.3) is 5.69 Å². The number of nitro benzene ring substituents is 1. The summed E-state index contributed by atoms with van der Waals surface area (Å²) in [7, 11) is 0. The van der Waals surface area contributed by atoms with Crippen molar-refractivity contribution in [3.8, 4) is 0 Å². The number of halogens is 1. The third-order valence-corrected chi connectivity index (χ3v) is 3.69. The molecule has 2 aromatic rings. The van der Waals surface area contributed by atoms with Crippen LogP contribution in [0.4, 0.5) is 16.0 Å². The first-order valence-corrected chi connectivity index (χ1v) is 7.23. The van der Waals surface area contributed by atoms with Gasteiger partial charge in [0.1, 0.15) is 5.82 Å². The first kappa shape index (κ1) is 15.2. The van der Waals surface area contributed by atoms with Gasteiger partial charge in [0, 0.05) is 18.9 Å². The predicted octanol–water partition coefficient (Wildman–Crippen LogP) is 3.12. The number of thioether (sulfide) groups is 1. The zero-order chi connectivity index (χ0) is 15.1. The molecule has 110 valence electrons. The van der Waals surface area contributed by atoms with Gasteiger partial charge >= 0.3 is 0 Å². The van der Waals surface area contributed by atoms with Crippen LogP contribution >= 0.6 is 11.8 Å². The van der Waals surface area contributed by atoms with Gasteiger partial charge in [-0.25, -0.2) is 14.4 Å².